The number of nitrogens with two attached hydrogens (primary N) is 1. The van der Waals surface area contributed by atoms with Crippen LogP contribution in [0.4, 0.5) is 11.6 Å². The molecular weight excluding hydrogens is 398 g/mol. The Balaban J connectivity index is 1.69. The van der Waals surface area contributed by atoms with Crippen molar-refractivity contribution in [2.45, 2.75) is 44.6 Å². The second-order valence-electron chi connectivity index (χ2n) is 7.92. The molecule has 1 aliphatic heterocycles. The van der Waals surface area contributed by atoms with Gasteiger partial charge in [0.2, 0.25) is 11.8 Å². The summed E-state index contributed by atoms with van der Waals surface area (Å²) in [5.74, 6) is 0.214. The van der Waals surface area contributed by atoms with Crippen LogP contribution in [0.25, 0.3) is 0 Å². The Morgan fingerprint density at radius 1 is 1.19 bits per heavy atom. The van der Waals surface area contributed by atoms with E-state index in [1.807, 2.05) is 6.92 Å². The van der Waals surface area contributed by atoms with Crippen LogP contribution in [-0.2, 0) is 9.53 Å². The molecule has 0 amide bonds. The molecule has 9 nitrogen and oxygen atoms in total. The first kappa shape index (κ1) is 21.3. The number of hydrogen-bond acceptors (Lipinski definition) is 9. The van der Waals surface area contributed by atoms with E-state index in [1.165, 1.54) is 0 Å². The first-order valence-electron chi connectivity index (χ1n) is 10.5. The van der Waals surface area contributed by atoms with Crippen LogP contribution in [0.1, 0.15) is 48.6 Å². The third kappa shape index (κ3) is 4.28. The van der Waals surface area contributed by atoms with Crippen molar-refractivity contribution >= 4 is 23.1 Å². The molecule has 2 aromatic heterocycles. The van der Waals surface area contributed by atoms with E-state index < -0.39 is 5.92 Å². The minimum absolute atomic E-state index is 0.0135. The Morgan fingerprint density at radius 3 is 2.61 bits per heavy atom. The maximum atomic E-state index is 13.7. The van der Waals surface area contributed by atoms with E-state index in [2.05, 4.69) is 19.9 Å². The molecule has 31 heavy (non-hydrogen) atoms. The van der Waals surface area contributed by atoms with E-state index in [1.54, 1.807) is 25.4 Å². The quantitative estimate of drug-likeness (QED) is 0.719. The SMILES string of the molecule is COc1ccc(C2=Nc3c(C)nc(N)nc3C([C@H]3CC[C@H](OCCO)CC3)C2=O)cn1. The van der Waals surface area contributed by atoms with Crippen LogP contribution in [0.5, 0.6) is 5.88 Å². The van der Waals surface area contributed by atoms with Crippen molar-refractivity contribution in [2.75, 3.05) is 26.1 Å². The number of pyridine rings is 1. The number of aryl methyl sites for hydroxylation is 1. The molecule has 1 saturated carbocycles. The number of fused-ring (bicyclic) bond motifs is 1. The lowest BCUT2D eigenvalue weighted by Gasteiger charge is -2.35. The molecule has 2 aliphatic rings. The average molecular weight is 425 g/mol. The van der Waals surface area contributed by atoms with Gasteiger partial charge in [-0.25, -0.2) is 19.9 Å². The zero-order valence-corrected chi connectivity index (χ0v) is 17.7. The molecule has 0 radical (unpaired) electrons. The number of methoxy groups -OCH3 is 1. The number of aliphatic hydroxyl groups excluding tert-OH is 1. The van der Waals surface area contributed by atoms with E-state index in [-0.39, 0.29) is 30.4 Å². The smallest absolute Gasteiger partial charge is 0.220 e. The van der Waals surface area contributed by atoms with E-state index in [0.717, 1.165) is 25.7 Å². The van der Waals surface area contributed by atoms with E-state index in [0.29, 0.717) is 40.8 Å². The third-order valence-corrected chi connectivity index (χ3v) is 5.99. The van der Waals surface area contributed by atoms with Gasteiger partial charge in [0, 0.05) is 17.8 Å². The number of carbonyl (C=O) groups excluding carboxylic acids is 1. The number of aliphatic imine (C=N–C) groups is 1. The number of hydrogen-bond donors (Lipinski definition) is 2. The van der Waals surface area contributed by atoms with E-state index in [4.69, 9.17) is 20.3 Å². The van der Waals surface area contributed by atoms with E-state index in [9.17, 15) is 4.79 Å². The van der Waals surface area contributed by atoms with Gasteiger partial charge in [0.15, 0.2) is 5.78 Å². The average Bonchev–Trinajstić information content (AvgIpc) is 2.78. The highest BCUT2D eigenvalue weighted by Crippen LogP contribution is 2.44. The molecule has 164 valence electrons. The van der Waals surface area contributed by atoms with Gasteiger partial charge in [-0.1, -0.05) is 0 Å². The molecule has 1 aliphatic carbocycles. The van der Waals surface area contributed by atoms with Gasteiger partial charge in [0.1, 0.15) is 11.4 Å². The van der Waals surface area contributed by atoms with Crippen molar-refractivity contribution in [1.82, 2.24) is 15.0 Å². The maximum absolute atomic E-state index is 13.7. The summed E-state index contributed by atoms with van der Waals surface area (Å²) in [6, 6.07) is 3.50. The summed E-state index contributed by atoms with van der Waals surface area (Å²) in [7, 11) is 1.54. The van der Waals surface area contributed by atoms with Crippen LogP contribution < -0.4 is 10.5 Å². The Bertz CT molecular complexity index is 984. The summed E-state index contributed by atoms with van der Waals surface area (Å²) < 4.78 is 10.8. The largest absolute Gasteiger partial charge is 0.481 e. The van der Waals surface area contributed by atoms with E-state index >= 15 is 0 Å². The van der Waals surface area contributed by atoms with Crippen molar-refractivity contribution in [1.29, 1.82) is 0 Å². The van der Waals surface area contributed by atoms with Gasteiger partial charge >= 0.3 is 0 Å². The number of carbonyl (C=O) groups is 1. The van der Waals surface area contributed by atoms with Gasteiger partial charge in [0.05, 0.1) is 43.7 Å². The molecule has 0 saturated heterocycles. The number of aromatic nitrogens is 3. The predicted molar refractivity (Wildman–Crippen MR) is 115 cm³/mol. The summed E-state index contributed by atoms with van der Waals surface area (Å²) in [4.78, 5) is 31.2. The summed E-state index contributed by atoms with van der Waals surface area (Å²) in [5.41, 5.74) is 8.80. The lowest BCUT2D eigenvalue weighted by atomic mass is 9.73. The molecule has 0 spiro atoms. The van der Waals surface area contributed by atoms with Crippen LogP contribution >= 0.6 is 0 Å². The molecule has 3 heterocycles. The van der Waals surface area contributed by atoms with Gasteiger partial charge in [-0.3, -0.25) is 4.79 Å². The molecule has 3 N–H and O–H groups in total. The lowest BCUT2D eigenvalue weighted by molar-refractivity contribution is -0.116. The molecule has 2 aromatic rings. The standard InChI is InChI=1S/C22H27N5O4/c1-12-18-20(27-22(23)25-12)17(13-3-6-15(7-4-13)31-10-9-28)21(29)19(26-18)14-5-8-16(30-2)24-11-14/h5,8,11,13,15,17,28H,3-4,6-7,9-10H2,1-2H3,(H2,23,25,27)/t13-,15-,17?. The number of nitrogens with zero attached hydrogens (tertiary/aromatic N) is 4. The van der Waals surface area contributed by atoms with Crippen molar-refractivity contribution in [3.8, 4) is 5.88 Å². The summed E-state index contributed by atoms with van der Waals surface area (Å²) in [6.45, 7) is 2.18. The monoisotopic (exact) mass is 425 g/mol. The Morgan fingerprint density at radius 2 is 1.97 bits per heavy atom. The minimum atomic E-state index is -0.438. The van der Waals surface area contributed by atoms with Gasteiger partial charge < -0.3 is 20.3 Å². The summed E-state index contributed by atoms with van der Waals surface area (Å²) in [6.07, 6.45) is 5.02. The number of nitrogen functional groups attached to an aromatic ring is 1. The first-order valence-corrected chi connectivity index (χ1v) is 10.5. The summed E-state index contributed by atoms with van der Waals surface area (Å²) in [5, 5.41) is 9.00. The second-order valence-corrected chi connectivity index (χ2v) is 7.92. The molecule has 0 bridgehead atoms. The topological polar surface area (TPSA) is 133 Å². The first-order chi connectivity index (χ1) is 15.0. The molecule has 9 heteroatoms. The fourth-order valence-electron chi connectivity index (χ4n) is 4.50. The number of ether oxygens (including phenoxy) is 2. The number of anilines is 1. The highest BCUT2D eigenvalue weighted by atomic mass is 16.5. The molecular formula is C22H27N5O4. The van der Waals surface area contributed by atoms with Gasteiger partial charge in [-0.15, -0.1) is 0 Å². The van der Waals surface area contributed by atoms with Crippen LogP contribution in [0.2, 0.25) is 0 Å². The van der Waals surface area contributed by atoms with Crippen molar-refractivity contribution in [3.05, 3.63) is 35.3 Å². The van der Waals surface area contributed by atoms with Crippen molar-refractivity contribution in [2.24, 2.45) is 10.9 Å². The number of aliphatic hydroxyl groups is 1. The number of Topliss-reactive ketones (excluding diaryl/α,β-unsaturated/α-hetero) is 1. The second kappa shape index (κ2) is 9.07. The van der Waals surface area contributed by atoms with Gasteiger partial charge in [0.25, 0.3) is 0 Å². The van der Waals surface area contributed by atoms with Gasteiger partial charge in [-0.2, -0.15) is 0 Å². The van der Waals surface area contributed by atoms with Crippen molar-refractivity contribution in [3.63, 3.8) is 0 Å². The lowest BCUT2D eigenvalue weighted by Crippen LogP contribution is -2.35. The van der Waals surface area contributed by atoms with Crippen molar-refractivity contribution < 1.29 is 19.4 Å². The molecule has 0 aromatic carbocycles. The van der Waals surface area contributed by atoms with Gasteiger partial charge in [-0.05, 0) is 44.6 Å². The minimum Gasteiger partial charge on any atom is -0.481 e. The fourth-order valence-corrected chi connectivity index (χ4v) is 4.50. The molecule has 4 rings (SSSR count). The van der Waals surface area contributed by atoms with Crippen LogP contribution in [0.15, 0.2) is 23.3 Å². The number of rotatable bonds is 6. The Hall–Kier alpha value is -2.91. The Kier molecular flexibility index (Phi) is 6.24. The van der Waals surface area contributed by atoms with Crippen LogP contribution in [0, 0.1) is 12.8 Å². The zero-order valence-electron chi connectivity index (χ0n) is 17.7. The third-order valence-electron chi connectivity index (χ3n) is 5.99. The highest BCUT2D eigenvalue weighted by molar-refractivity contribution is 6.49. The predicted octanol–water partition coefficient (Wildman–Crippen LogP) is 2.13. The Labute approximate surface area is 180 Å². The van der Waals surface area contributed by atoms with Crippen LogP contribution in [0.3, 0.4) is 0 Å². The molecule has 1 fully saturated rings. The fraction of sp³-hybridized carbons (Fsp3) is 0.500. The molecule has 1 unspecified atom stereocenters. The highest BCUT2D eigenvalue weighted by Gasteiger charge is 2.41. The number of ketones is 1. The normalized spacial score (nSPS) is 23.3. The summed E-state index contributed by atoms with van der Waals surface area (Å²) >= 11 is 0. The maximum Gasteiger partial charge on any atom is 0.220 e. The van der Waals surface area contributed by atoms with Crippen LogP contribution in [-0.4, -0.2) is 58.0 Å². The zero-order chi connectivity index (χ0) is 22.0. The molecule has 1 atom stereocenters.